The molecule has 21 heavy (non-hydrogen) atoms. The largest absolute Gasteiger partial charge is 0.465 e. The van der Waals surface area contributed by atoms with Crippen LogP contribution >= 0.6 is 0 Å². The first kappa shape index (κ1) is 14.9. The Bertz CT molecular complexity index is 360. The van der Waals surface area contributed by atoms with Crippen molar-refractivity contribution in [3.63, 3.8) is 0 Å². The molecule has 8 unspecified atom stereocenters. The molecular weight excluding hydrogens is 296 g/mol. The molecule has 0 radical (unpaired) electrons. The Morgan fingerprint density at radius 1 is 0.905 bits per heavy atom. The zero-order valence-corrected chi connectivity index (χ0v) is 16.8. The summed E-state index contributed by atoms with van der Waals surface area (Å²) >= 11 is 0. The highest BCUT2D eigenvalue weighted by Gasteiger charge is 2.57. The van der Waals surface area contributed by atoms with Crippen molar-refractivity contribution in [2.45, 2.75) is 87.9 Å². The Morgan fingerprint density at radius 3 is 1.76 bits per heavy atom. The molecule has 2 saturated carbocycles. The van der Waals surface area contributed by atoms with E-state index in [4.69, 9.17) is 13.6 Å². The zero-order valence-electron chi connectivity index (χ0n) is 13.7. The molecule has 4 rings (SSSR count). The lowest BCUT2D eigenvalue weighted by Gasteiger charge is -2.41. The summed E-state index contributed by atoms with van der Waals surface area (Å²) in [6.45, 7) is 4.72. The lowest BCUT2D eigenvalue weighted by molar-refractivity contribution is 0.283. The van der Waals surface area contributed by atoms with Crippen LogP contribution in [-0.2, 0) is 13.6 Å². The number of hydrogen-bond donors (Lipinski definition) is 0. The van der Waals surface area contributed by atoms with Gasteiger partial charge in [-0.1, -0.05) is 26.7 Å². The molecule has 0 aromatic heterocycles. The summed E-state index contributed by atoms with van der Waals surface area (Å²) in [5.41, 5.74) is 1.73. The summed E-state index contributed by atoms with van der Waals surface area (Å²) in [5.74, 6) is 1.59. The zero-order chi connectivity index (χ0) is 14.6. The molecule has 0 aromatic rings. The van der Waals surface area contributed by atoms with Crippen LogP contribution in [0.25, 0.3) is 0 Å². The SMILES string of the molecule is CCC1C2OC2CCC1[SiH](O[SiH3])C1CCC2OC2C1CC. The predicted octanol–water partition coefficient (Wildman–Crippen LogP) is 1.92. The molecule has 2 saturated heterocycles. The van der Waals surface area contributed by atoms with Gasteiger partial charge in [0.15, 0.2) is 9.04 Å². The van der Waals surface area contributed by atoms with E-state index in [2.05, 4.69) is 13.8 Å². The van der Waals surface area contributed by atoms with Gasteiger partial charge in [0.1, 0.15) is 10.5 Å². The van der Waals surface area contributed by atoms with E-state index in [1.54, 1.807) is 0 Å². The van der Waals surface area contributed by atoms with E-state index in [1.807, 2.05) is 0 Å². The molecule has 2 aliphatic carbocycles. The lowest BCUT2D eigenvalue weighted by Crippen LogP contribution is -2.43. The number of rotatable bonds is 5. The first-order valence-corrected chi connectivity index (χ1v) is 11.7. The maximum atomic E-state index is 6.39. The van der Waals surface area contributed by atoms with Gasteiger partial charge in [0.2, 0.25) is 0 Å². The Morgan fingerprint density at radius 2 is 1.38 bits per heavy atom. The van der Waals surface area contributed by atoms with Gasteiger partial charge < -0.3 is 13.6 Å². The molecule has 120 valence electrons. The Kier molecular flexibility index (Phi) is 4.07. The van der Waals surface area contributed by atoms with Gasteiger partial charge in [-0.2, -0.15) is 0 Å². The molecule has 4 aliphatic rings. The second-order valence-electron chi connectivity index (χ2n) is 7.61. The van der Waals surface area contributed by atoms with Gasteiger partial charge in [0.05, 0.1) is 24.4 Å². The molecule has 0 spiro atoms. The van der Waals surface area contributed by atoms with Crippen molar-refractivity contribution >= 4 is 19.5 Å². The molecule has 0 bridgehead atoms. The Hall–Kier alpha value is 0.314. The van der Waals surface area contributed by atoms with E-state index >= 15 is 0 Å². The van der Waals surface area contributed by atoms with Crippen molar-refractivity contribution in [1.29, 1.82) is 0 Å². The predicted molar refractivity (Wildman–Crippen MR) is 89.0 cm³/mol. The molecule has 5 heteroatoms. The highest BCUT2D eigenvalue weighted by molar-refractivity contribution is 6.59. The molecule has 2 heterocycles. The highest BCUT2D eigenvalue weighted by Crippen LogP contribution is 2.56. The van der Waals surface area contributed by atoms with Crippen LogP contribution in [0.2, 0.25) is 11.1 Å². The van der Waals surface area contributed by atoms with Crippen LogP contribution in [0.3, 0.4) is 0 Å². The number of fused-ring (bicyclic) bond motifs is 2. The summed E-state index contributed by atoms with van der Waals surface area (Å²) in [6.07, 6.45) is 10.3. The Balaban J connectivity index is 1.52. The van der Waals surface area contributed by atoms with Crippen molar-refractivity contribution in [2.24, 2.45) is 11.8 Å². The molecule has 4 fully saturated rings. The summed E-state index contributed by atoms with van der Waals surface area (Å²) < 4.78 is 18.3. The molecule has 0 N–H and O–H groups in total. The monoisotopic (exact) mass is 326 g/mol. The van der Waals surface area contributed by atoms with Gasteiger partial charge in [-0.05, 0) is 48.6 Å². The average molecular weight is 327 g/mol. The summed E-state index contributed by atoms with van der Waals surface area (Å²) in [7, 11) is -0.228. The second-order valence-corrected chi connectivity index (χ2v) is 12.1. The van der Waals surface area contributed by atoms with Crippen LogP contribution in [0.4, 0.5) is 0 Å². The van der Waals surface area contributed by atoms with Crippen molar-refractivity contribution in [3.8, 4) is 0 Å². The third-order valence-electron chi connectivity index (χ3n) is 6.82. The minimum Gasteiger partial charge on any atom is -0.465 e. The smallest absolute Gasteiger partial charge is 0.169 e. The minimum absolute atomic E-state index is 0.592. The van der Waals surface area contributed by atoms with Gasteiger partial charge in [-0.3, -0.25) is 0 Å². The van der Waals surface area contributed by atoms with E-state index < -0.39 is 9.04 Å². The van der Waals surface area contributed by atoms with Crippen molar-refractivity contribution in [3.05, 3.63) is 0 Å². The van der Waals surface area contributed by atoms with E-state index in [0.717, 1.165) is 33.4 Å². The maximum absolute atomic E-state index is 6.39. The topological polar surface area (TPSA) is 34.3 Å². The van der Waals surface area contributed by atoms with Crippen LogP contribution < -0.4 is 0 Å². The molecule has 0 amide bonds. The molecular formula is C16H30O3Si2. The van der Waals surface area contributed by atoms with Gasteiger partial charge in [0, 0.05) is 0 Å². The van der Waals surface area contributed by atoms with Gasteiger partial charge in [-0.25, -0.2) is 0 Å². The summed E-state index contributed by atoms with van der Waals surface area (Å²) in [4.78, 5) is 0. The number of hydrogen-bond acceptors (Lipinski definition) is 3. The van der Waals surface area contributed by atoms with Crippen LogP contribution in [0, 0.1) is 11.8 Å². The first-order chi connectivity index (χ1) is 10.3. The first-order valence-electron chi connectivity index (χ1n) is 9.12. The van der Waals surface area contributed by atoms with Crippen molar-refractivity contribution < 1.29 is 13.6 Å². The van der Waals surface area contributed by atoms with E-state index in [1.165, 1.54) is 38.5 Å². The quantitative estimate of drug-likeness (QED) is 0.572. The highest BCUT2D eigenvalue weighted by atomic mass is 28.3. The Labute approximate surface area is 133 Å². The fourth-order valence-corrected chi connectivity index (χ4v) is 12.1. The van der Waals surface area contributed by atoms with Gasteiger partial charge in [0.25, 0.3) is 0 Å². The summed E-state index contributed by atoms with van der Waals surface area (Å²) in [5, 5.41) is 0. The third kappa shape index (κ3) is 2.49. The lowest BCUT2D eigenvalue weighted by atomic mass is 9.86. The maximum Gasteiger partial charge on any atom is 0.169 e. The standard InChI is InChI=1S/C16H30O3Si2/c1-3-9-13(7-5-11-15(9)17-11)21(19-20)14-8-6-12-16(18-12)10(14)4-2/h9-16,21H,3-8H2,1-2,20H3. The van der Waals surface area contributed by atoms with Crippen molar-refractivity contribution in [2.75, 3.05) is 0 Å². The van der Waals surface area contributed by atoms with E-state index in [9.17, 15) is 0 Å². The third-order valence-corrected chi connectivity index (χ3v) is 12.3. The summed E-state index contributed by atoms with van der Waals surface area (Å²) in [6, 6.07) is 0. The van der Waals surface area contributed by atoms with Gasteiger partial charge >= 0.3 is 0 Å². The fourth-order valence-electron chi connectivity index (χ4n) is 5.71. The van der Waals surface area contributed by atoms with Gasteiger partial charge in [-0.15, -0.1) is 0 Å². The molecule has 2 aliphatic heterocycles. The molecule has 3 nitrogen and oxygen atoms in total. The van der Waals surface area contributed by atoms with Crippen LogP contribution in [-0.4, -0.2) is 43.9 Å². The minimum atomic E-state index is -1.15. The molecule has 8 atom stereocenters. The average Bonchev–Trinajstić information content (AvgIpc) is 3.40. The second kappa shape index (κ2) is 5.75. The van der Waals surface area contributed by atoms with Crippen molar-refractivity contribution in [1.82, 2.24) is 0 Å². The fraction of sp³-hybridized carbons (Fsp3) is 1.00. The van der Waals surface area contributed by atoms with E-state index in [0.29, 0.717) is 24.4 Å². The van der Waals surface area contributed by atoms with Crippen LogP contribution in [0.5, 0.6) is 0 Å². The van der Waals surface area contributed by atoms with Crippen LogP contribution in [0.1, 0.15) is 52.4 Å². The normalized spacial score (nSPS) is 52.9. The number of ether oxygens (including phenoxy) is 2. The van der Waals surface area contributed by atoms with E-state index in [-0.39, 0.29) is 0 Å². The van der Waals surface area contributed by atoms with Crippen LogP contribution in [0.15, 0.2) is 0 Å². The molecule has 0 aromatic carbocycles. The number of epoxide rings is 2.